The summed E-state index contributed by atoms with van der Waals surface area (Å²) in [6.45, 7) is 3.69. The molecule has 2 aromatic rings. The molecule has 2 nitrogen and oxygen atoms in total. The molecular formula is C18H20FNOS. The van der Waals surface area contributed by atoms with Gasteiger partial charge >= 0.3 is 0 Å². The van der Waals surface area contributed by atoms with E-state index in [2.05, 4.69) is 23.5 Å². The zero-order valence-electron chi connectivity index (χ0n) is 12.6. The van der Waals surface area contributed by atoms with Crippen LogP contribution in [0.4, 0.5) is 4.39 Å². The van der Waals surface area contributed by atoms with E-state index in [9.17, 15) is 9.50 Å². The van der Waals surface area contributed by atoms with Crippen molar-refractivity contribution in [1.29, 1.82) is 0 Å². The molecule has 0 spiro atoms. The summed E-state index contributed by atoms with van der Waals surface area (Å²) < 4.78 is 13.1. The molecule has 0 amide bonds. The summed E-state index contributed by atoms with van der Waals surface area (Å²) in [7, 11) is 0. The van der Waals surface area contributed by atoms with Crippen molar-refractivity contribution in [3.05, 3.63) is 59.4 Å². The number of aryl methyl sites for hydroxylation is 1. The summed E-state index contributed by atoms with van der Waals surface area (Å²) in [5.74, 6) is -0.231. The predicted octanol–water partition coefficient (Wildman–Crippen LogP) is 3.86. The first-order chi connectivity index (χ1) is 10.6. The van der Waals surface area contributed by atoms with E-state index >= 15 is 0 Å². The largest absolute Gasteiger partial charge is 0.385 e. The van der Waals surface area contributed by atoms with Gasteiger partial charge in [0.2, 0.25) is 0 Å². The van der Waals surface area contributed by atoms with Crippen LogP contribution in [0.1, 0.15) is 24.0 Å². The molecule has 2 N–H and O–H groups in total. The second kappa shape index (κ2) is 6.41. The van der Waals surface area contributed by atoms with E-state index in [1.807, 2.05) is 6.92 Å². The zero-order chi connectivity index (χ0) is 15.6. The highest BCUT2D eigenvalue weighted by molar-refractivity contribution is 7.99. The smallest absolute Gasteiger partial charge is 0.123 e. The van der Waals surface area contributed by atoms with Gasteiger partial charge in [-0.15, -0.1) is 0 Å². The van der Waals surface area contributed by atoms with Crippen molar-refractivity contribution in [2.24, 2.45) is 0 Å². The maximum Gasteiger partial charge on any atom is 0.123 e. The predicted molar refractivity (Wildman–Crippen MR) is 87.7 cm³/mol. The van der Waals surface area contributed by atoms with Gasteiger partial charge in [0.25, 0.3) is 0 Å². The van der Waals surface area contributed by atoms with E-state index in [1.165, 1.54) is 12.1 Å². The summed E-state index contributed by atoms with van der Waals surface area (Å²) in [5, 5.41) is 14.3. The van der Waals surface area contributed by atoms with Crippen molar-refractivity contribution in [2.45, 2.75) is 35.2 Å². The number of aliphatic hydroxyl groups is 1. The van der Waals surface area contributed by atoms with E-state index in [-0.39, 0.29) is 5.82 Å². The molecule has 0 aliphatic carbocycles. The Hall–Kier alpha value is -1.36. The number of rotatable bonds is 3. The number of halogens is 1. The van der Waals surface area contributed by atoms with Crippen LogP contribution in [0.5, 0.6) is 0 Å². The van der Waals surface area contributed by atoms with E-state index in [0.717, 1.165) is 34.0 Å². The van der Waals surface area contributed by atoms with E-state index < -0.39 is 5.60 Å². The van der Waals surface area contributed by atoms with Gasteiger partial charge in [0, 0.05) is 9.79 Å². The number of nitrogens with one attached hydrogen (secondary N) is 1. The van der Waals surface area contributed by atoms with Gasteiger partial charge in [0.1, 0.15) is 5.82 Å². The molecule has 22 heavy (non-hydrogen) atoms. The Labute approximate surface area is 134 Å². The minimum atomic E-state index is -0.778. The summed E-state index contributed by atoms with van der Waals surface area (Å²) in [5.41, 5.74) is 1.35. The lowest BCUT2D eigenvalue weighted by molar-refractivity contribution is 0.00345. The second-order valence-electron chi connectivity index (χ2n) is 5.84. The number of benzene rings is 2. The first-order valence-electron chi connectivity index (χ1n) is 7.54. The highest BCUT2D eigenvalue weighted by Crippen LogP contribution is 2.40. The molecule has 0 aromatic heterocycles. The van der Waals surface area contributed by atoms with Crippen LogP contribution < -0.4 is 5.32 Å². The van der Waals surface area contributed by atoms with Crippen LogP contribution in [0, 0.1) is 12.7 Å². The van der Waals surface area contributed by atoms with E-state index in [0.29, 0.717) is 12.8 Å². The van der Waals surface area contributed by atoms with Gasteiger partial charge in [-0.2, -0.15) is 0 Å². The standard InChI is InChI=1S/C18H20FNOS/c1-13-2-7-17(22-15-5-3-14(19)4-6-15)16(12-13)18(21)8-10-20-11-9-18/h2-7,12,20-21H,8-11H2,1H3. The Morgan fingerprint density at radius 3 is 2.45 bits per heavy atom. The Kier molecular flexibility index (Phi) is 4.52. The maximum absolute atomic E-state index is 13.1. The minimum Gasteiger partial charge on any atom is -0.385 e. The van der Waals surface area contributed by atoms with Gasteiger partial charge in [-0.05, 0) is 68.8 Å². The second-order valence-corrected chi connectivity index (χ2v) is 6.95. The lowest BCUT2D eigenvalue weighted by Crippen LogP contribution is -2.40. The fourth-order valence-electron chi connectivity index (χ4n) is 2.84. The molecule has 3 rings (SSSR count). The van der Waals surface area contributed by atoms with Gasteiger partial charge in [-0.1, -0.05) is 29.5 Å². The maximum atomic E-state index is 13.1. The molecule has 1 saturated heterocycles. The van der Waals surface area contributed by atoms with Crippen molar-refractivity contribution < 1.29 is 9.50 Å². The molecule has 0 radical (unpaired) electrons. The van der Waals surface area contributed by atoms with Crippen molar-refractivity contribution in [3.63, 3.8) is 0 Å². The fraction of sp³-hybridized carbons (Fsp3) is 0.333. The van der Waals surface area contributed by atoms with Crippen molar-refractivity contribution >= 4 is 11.8 Å². The average molecular weight is 317 g/mol. The van der Waals surface area contributed by atoms with Crippen molar-refractivity contribution in [2.75, 3.05) is 13.1 Å². The number of piperidine rings is 1. The van der Waals surface area contributed by atoms with Crippen molar-refractivity contribution in [1.82, 2.24) is 5.32 Å². The average Bonchev–Trinajstić information content (AvgIpc) is 2.52. The van der Waals surface area contributed by atoms with Gasteiger partial charge in [-0.25, -0.2) is 4.39 Å². The summed E-state index contributed by atoms with van der Waals surface area (Å²) in [4.78, 5) is 2.02. The Morgan fingerprint density at radius 1 is 1.09 bits per heavy atom. The highest BCUT2D eigenvalue weighted by Gasteiger charge is 2.33. The molecule has 1 heterocycles. The van der Waals surface area contributed by atoms with Gasteiger partial charge < -0.3 is 10.4 Å². The molecule has 1 fully saturated rings. The monoisotopic (exact) mass is 317 g/mol. The first kappa shape index (κ1) is 15.5. The third-order valence-electron chi connectivity index (χ3n) is 4.11. The Bertz CT molecular complexity index is 651. The number of hydrogen-bond donors (Lipinski definition) is 2. The van der Waals surface area contributed by atoms with Gasteiger partial charge in [0.15, 0.2) is 0 Å². The topological polar surface area (TPSA) is 32.3 Å². The SMILES string of the molecule is Cc1ccc(Sc2ccc(F)cc2)c(C2(O)CCNCC2)c1. The third-order valence-corrected chi connectivity index (χ3v) is 5.19. The van der Waals surface area contributed by atoms with Crippen LogP contribution >= 0.6 is 11.8 Å². The Morgan fingerprint density at radius 2 is 1.77 bits per heavy atom. The first-order valence-corrected chi connectivity index (χ1v) is 8.36. The fourth-order valence-corrected chi connectivity index (χ4v) is 3.86. The highest BCUT2D eigenvalue weighted by atomic mass is 32.2. The van der Waals surface area contributed by atoms with Crippen LogP contribution in [0.2, 0.25) is 0 Å². The molecule has 4 heteroatoms. The van der Waals surface area contributed by atoms with E-state index in [1.54, 1.807) is 23.9 Å². The van der Waals surface area contributed by atoms with E-state index in [4.69, 9.17) is 0 Å². The third kappa shape index (κ3) is 3.35. The summed E-state index contributed by atoms with van der Waals surface area (Å²) in [6, 6.07) is 12.7. The van der Waals surface area contributed by atoms with Gasteiger partial charge in [0.05, 0.1) is 5.60 Å². The quantitative estimate of drug-likeness (QED) is 0.902. The molecule has 0 saturated carbocycles. The van der Waals surface area contributed by atoms with Crippen LogP contribution in [-0.2, 0) is 5.60 Å². The molecule has 1 aliphatic rings. The minimum absolute atomic E-state index is 0.231. The Balaban J connectivity index is 1.95. The van der Waals surface area contributed by atoms with Crippen LogP contribution in [0.25, 0.3) is 0 Å². The molecule has 116 valence electrons. The summed E-state index contributed by atoms with van der Waals surface area (Å²) >= 11 is 1.58. The molecule has 0 bridgehead atoms. The van der Waals surface area contributed by atoms with Crippen LogP contribution in [-0.4, -0.2) is 18.2 Å². The van der Waals surface area contributed by atoms with Crippen LogP contribution in [0.3, 0.4) is 0 Å². The van der Waals surface area contributed by atoms with Gasteiger partial charge in [-0.3, -0.25) is 0 Å². The zero-order valence-corrected chi connectivity index (χ0v) is 13.4. The molecule has 0 unspecified atom stereocenters. The van der Waals surface area contributed by atoms with Crippen molar-refractivity contribution in [3.8, 4) is 0 Å². The molecule has 2 aromatic carbocycles. The lowest BCUT2D eigenvalue weighted by Gasteiger charge is -2.34. The normalized spacial score (nSPS) is 17.4. The molecular weight excluding hydrogens is 297 g/mol. The molecule has 0 atom stereocenters. The molecule has 1 aliphatic heterocycles. The number of hydrogen-bond acceptors (Lipinski definition) is 3. The van der Waals surface area contributed by atoms with Crippen LogP contribution in [0.15, 0.2) is 52.3 Å². The summed E-state index contributed by atoms with van der Waals surface area (Å²) in [6.07, 6.45) is 1.43. The lowest BCUT2D eigenvalue weighted by atomic mass is 9.84.